The highest BCUT2D eigenvalue weighted by atomic mass is 35.5. The Kier molecular flexibility index (Phi) is 5.47. The molecule has 4 nitrogen and oxygen atoms in total. The van der Waals surface area contributed by atoms with E-state index in [-0.39, 0.29) is 11.2 Å². The van der Waals surface area contributed by atoms with Crippen LogP contribution in [0.5, 0.6) is 0 Å². The van der Waals surface area contributed by atoms with E-state index >= 15 is 0 Å². The number of para-hydroxylation sites is 1. The van der Waals surface area contributed by atoms with Gasteiger partial charge in [0.2, 0.25) is 11.4 Å². The van der Waals surface area contributed by atoms with Crippen molar-refractivity contribution in [2.24, 2.45) is 5.10 Å². The molecule has 2 aromatic rings. The van der Waals surface area contributed by atoms with Crippen LogP contribution in [0.3, 0.4) is 0 Å². The zero-order chi connectivity index (χ0) is 19.6. The van der Waals surface area contributed by atoms with Gasteiger partial charge in [-0.1, -0.05) is 29.8 Å². The van der Waals surface area contributed by atoms with Gasteiger partial charge in [-0.05, 0) is 45.0 Å². The third-order valence-electron chi connectivity index (χ3n) is 5.04. The molecule has 0 aliphatic carbocycles. The summed E-state index contributed by atoms with van der Waals surface area (Å²) in [6.07, 6.45) is 2.42. The Morgan fingerprint density at radius 2 is 1.85 bits per heavy atom. The molecule has 0 spiro atoms. The van der Waals surface area contributed by atoms with Crippen molar-refractivity contribution in [3.63, 3.8) is 0 Å². The molecule has 1 aliphatic rings. The van der Waals surface area contributed by atoms with Crippen LogP contribution in [0, 0.1) is 0 Å². The first-order valence-electron chi connectivity index (χ1n) is 9.08. The Morgan fingerprint density at radius 1 is 1.19 bits per heavy atom. The van der Waals surface area contributed by atoms with Crippen LogP contribution in [0.4, 0.5) is 11.4 Å². The number of benzene rings is 2. The first kappa shape index (κ1) is 19.3. The second kappa shape index (κ2) is 7.65. The molecule has 140 valence electrons. The summed E-state index contributed by atoms with van der Waals surface area (Å²) >= 11 is 5.97. The fourth-order valence-corrected chi connectivity index (χ4v) is 3.57. The maximum Gasteiger partial charge on any atom is 0.212 e. The predicted molar refractivity (Wildman–Crippen MR) is 113 cm³/mol. The fraction of sp³-hybridized carbons (Fsp3) is 0.318. The van der Waals surface area contributed by atoms with Crippen LogP contribution in [0.25, 0.3) is 0 Å². The maximum atomic E-state index is 11.6. The lowest BCUT2D eigenvalue weighted by Gasteiger charge is -2.16. The van der Waals surface area contributed by atoms with E-state index in [0.717, 1.165) is 17.1 Å². The van der Waals surface area contributed by atoms with Crippen molar-refractivity contribution in [2.75, 3.05) is 18.6 Å². The third kappa shape index (κ3) is 3.96. The molecule has 0 fully saturated rings. The first-order chi connectivity index (χ1) is 12.8. The molecule has 0 saturated heterocycles. The number of nitrogens with zero attached hydrogens (tertiary/aromatic N) is 3. The monoisotopic (exact) mass is 382 g/mol. The first-order valence-corrected chi connectivity index (χ1v) is 9.45. The zero-order valence-electron chi connectivity index (χ0n) is 16.2. The molecule has 0 radical (unpaired) electrons. The normalized spacial score (nSPS) is 15.3. The number of anilines is 1. The molecular weight excluding hydrogens is 358 g/mol. The van der Waals surface area contributed by atoms with Crippen LogP contribution in [0.1, 0.15) is 32.8 Å². The number of hydrogen-bond donors (Lipinski definition) is 0. The van der Waals surface area contributed by atoms with Crippen molar-refractivity contribution in [3.05, 3.63) is 59.1 Å². The molecule has 0 unspecified atom stereocenters. The molecular formula is C22H25ClN3O+. The van der Waals surface area contributed by atoms with Crippen molar-refractivity contribution in [2.45, 2.75) is 32.6 Å². The minimum atomic E-state index is -0.183. The molecule has 5 heteroatoms. The van der Waals surface area contributed by atoms with E-state index in [1.54, 1.807) is 6.92 Å². The second-order valence-electron chi connectivity index (χ2n) is 7.38. The van der Waals surface area contributed by atoms with Crippen LogP contribution in [-0.4, -0.2) is 35.9 Å². The van der Waals surface area contributed by atoms with Crippen LogP contribution in [0.2, 0.25) is 5.02 Å². The number of fused-ring (bicyclic) bond motifs is 1. The quantitative estimate of drug-likeness (QED) is 0.408. The van der Waals surface area contributed by atoms with Gasteiger partial charge in [0.25, 0.3) is 0 Å². The summed E-state index contributed by atoms with van der Waals surface area (Å²) < 4.78 is 2.22. The highest BCUT2D eigenvalue weighted by molar-refractivity contribution is 6.33. The summed E-state index contributed by atoms with van der Waals surface area (Å²) in [6.45, 7) is 6.68. The lowest BCUT2D eigenvalue weighted by Crippen LogP contribution is -2.32. The third-order valence-corrected chi connectivity index (χ3v) is 5.29. The van der Waals surface area contributed by atoms with Gasteiger partial charge in [0.15, 0.2) is 6.54 Å². The Morgan fingerprint density at radius 3 is 2.52 bits per heavy atom. The molecule has 0 amide bonds. The Balaban J connectivity index is 1.97. The summed E-state index contributed by atoms with van der Waals surface area (Å²) in [5, 5.41) is 7.19. The number of Topliss-reactive ketones (excluding diaryl/α,β-unsaturated/α-hetero) is 1. The average Bonchev–Trinajstić information content (AvgIpc) is 2.85. The van der Waals surface area contributed by atoms with Crippen molar-refractivity contribution in [1.29, 1.82) is 0 Å². The number of carbonyl (C=O) groups is 1. The Bertz CT molecular complexity index is 913. The SMILES string of the molecule is CC(=O)CC[N+]1=C(/C=N/N(C)c2ccc(Cl)cc2)C(C)(C)c2ccccc21. The van der Waals surface area contributed by atoms with Crippen LogP contribution < -0.4 is 5.01 Å². The molecule has 0 saturated carbocycles. The van der Waals surface area contributed by atoms with Gasteiger partial charge in [-0.25, -0.2) is 0 Å². The molecule has 0 aromatic heterocycles. The van der Waals surface area contributed by atoms with Gasteiger partial charge >= 0.3 is 0 Å². The van der Waals surface area contributed by atoms with Gasteiger partial charge in [-0.15, -0.1) is 0 Å². The largest absolute Gasteiger partial charge is 0.300 e. The number of ketones is 1. The highest BCUT2D eigenvalue weighted by Gasteiger charge is 2.44. The molecule has 0 bridgehead atoms. The van der Waals surface area contributed by atoms with Crippen molar-refractivity contribution in [1.82, 2.24) is 0 Å². The van der Waals surface area contributed by atoms with E-state index in [4.69, 9.17) is 11.6 Å². The highest BCUT2D eigenvalue weighted by Crippen LogP contribution is 2.39. The van der Waals surface area contributed by atoms with Gasteiger partial charge in [0, 0.05) is 23.7 Å². The summed E-state index contributed by atoms with van der Waals surface area (Å²) in [7, 11) is 1.91. The smallest absolute Gasteiger partial charge is 0.212 e. The molecule has 0 N–H and O–H groups in total. The molecule has 0 atom stereocenters. The van der Waals surface area contributed by atoms with Gasteiger partial charge in [0.05, 0.1) is 17.5 Å². The maximum absolute atomic E-state index is 11.6. The topological polar surface area (TPSA) is 35.7 Å². The van der Waals surface area contributed by atoms with Gasteiger partial charge in [0.1, 0.15) is 12.0 Å². The zero-order valence-corrected chi connectivity index (χ0v) is 17.0. The van der Waals surface area contributed by atoms with Gasteiger partial charge < -0.3 is 0 Å². The van der Waals surface area contributed by atoms with Gasteiger partial charge in [-0.3, -0.25) is 9.80 Å². The summed E-state index contributed by atoms with van der Waals surface area (Å²) in [5.74, 6) is 0.187. The van der Waals surface area contributed by atoms with E-state index in [0.29, 0.717) is 18.0 Å². The van der Waals surface area contributed by atoms with Crippen LogP contribution >= 0.6 is 11.6 Å². The minimum absolute atomic E-state index is 0.183. The standard InChI is InChI=1S/C22H25ClN3O/c1-16(27)13-14-26-20-8-6-5-7-19(20)22(2,3)21(26)15-24-25(4)18-11-9-17(23)10-12-18/h5-12,15H,13-14H2,1-4H3/q+1. The van der Waals surface area contributed by atoms with Crippen molar-refractivity contribution in [3.8, 4) is 0 Å². The molecule has 1 aliphatic heterocycles. The Labute approximate surface area is 165 Å². The molecule has 1 heterocycles. The van der Waals surface area contributed by atoms with Crippen LogP contribution in [-0.2, 0) is 10.2 Å². The molecule has 3 rings (SSSR count). The van der Waals surface area contributed by atoms with E-state index in [9.17, 15) is 4.79 Å². The lowest BCUT2D eigenvalue weighted by atomic mass is 9.82. The number of hydrogen-bond acceptors (Lipinski definition) is 3. The number of rotatable bonds is 6. The summed E-state index contributed by atoms with van der Waals surface area (Å²) in [6, 6.07) is 15.9. The molecule has 2 aromatic carbocycles. The van der Waals surface area contributed by atoms with E-state index in [1.807, 2.05) is 48.6 Å². The number of carbonyl (C=O) groups excluding carboxylic acids is 1. The molecule has 27 heavy (non-hydrogen) atoms. The number of hydrazone groups is 1. The lowest BCUT2D eigenvalue weighted by molar-refractivity contribution is -0.435. The summed E-state index contributed by atoms with van der Waals surface area (Å²) in [5.41, 5.74) is 4.27. The fourth-order valence-electron chi connectivity index (χ4n) is 3.45. The van der Waals surface area contributed by atoms with Gasteiger partial charge in [-0.2, -0.15) is 9.68 Å². The predicted octanol–water partition coefficient (Wildman–Crippen LogP) is 4.82. The number of halogens is 1. The second-order valence-corrected chi connectivity index (χ2v) is 7.81. The van der Waals surface area contributed by atoms with E-state index in [2.05, 4.69) is 41.7 Å². The van der Waals surface area contributed by atoms with E-state index < -0.39 is 0 Å². The average molecular weight is 383 g/mol. The van der Waals surface area contributed by atoms with Crippen LogP contribution in [0.15, 0.2) is 53.6 Å². The minimum Gasteiger partial charge on any atom is -0.300 e. The van der Waals surface area contributed by atoms with Crippen molar-refractivity contribution < 1.29 is 9.37 Å². The Hall–Kier alpha value is -2.46. The summed E-state index contributed by atoms with van der Waals surface area (Å²) in [4.78, 5) is 11.6. The van der Waals surface area contributed by atoms with Crippen molar-refractivity contribution >= 4 is 40.7 Å². The van der Waals surface area contributed by atoms with E-state index in [1.165, 1.54) is 5.56 Å².